The summed E-state index contributed by atoms with van der Waals surface area (Å²) in [5, 5.41) is 0. The summed E-state index contributed by atoms with van der Waals surface area (Å²) in [6.07, 6.45) is 0. The van der Waals surface area contributed by atoms with E-state index >= 15 is 0 Å². The summed E-state index contributed by atoms with van der Waals surface area (Å²) in [6.45, 7) is 0. The standard InChI is InChI=1S/C6H4F.Mo.4H2N/c7-6-4-2-1-3-5-6;;;;;/h1-4H;;4*1H2/q;+4;4*-1. The Bertz CT molecular complexity index is 297. The van der Waals surface area contributed by atoms with Crippen molar-refractivity contribution in [2.24, 2.45) is 17.2 Å². The molecular formula is C6H12FMoN4. The molecule has 4 nitrogen and oxygen atoms in total. The fraction of sp³-hybridized carbons (Fsp3) is 0. The first-order valence-corrected chi connectivity index (χ1v) is 8.80. The van der Waals surface area contributed by atoms with Gasteiger partial charge in [-0.15, -0.1) is 0 Å². The van der Waals surface area contributed by atoms with Crippen molar-refractivity contribution in [3.05, 3.63) is 30.1 Å². The van der Waals surface area contributed by atoms with Crippen LogP contribution in [0.3, 0.4) is 0 Å². The summed E-state index contributed by atoms with van der Waals surface area (Å²) in [7, 11) is 0. The van der Waals surface area contributed by atoms with Crippen molar-refractivity contribution in [2.75, 3.05) is 0 Å². The van der Waals surface area contributed by atoms with E-state index in [1.54, 1.807) is 6.07 Å². The summed E-state index contributed by atoms with van der Waals surface area (Å²) in [6, 6.07) is 5.78. The van der Waals surface area contributed by atoms with Crippen LogP contribution >= 0.6 is 0 Å². The van der Waals surface area contributed by atoms with Gasteiger partial charge in [-0.2, -0.15) is 0 Å². The van der Waals surface area contributed by atoms with Crippen molar-refractivity contribution >= 4 is 3.95 Å². The van der Waals surface area contributed by atoms with Gasteiger partial charge >= 0.3 is 71.4 Å². The molecule has 0 amide bonds. The van der Waals surface area contributed by atoms with Crippen LogP contribution in [-0.4, -0.2) is 0 Å². The average molecular weight is 255 g/mol. The third-order valence-electron chi connectivity index (χ3n) is 1.34. The molecular weight excluding hydrogens is 243 g/mol. The molecule has 0 aromatic heterocycles. The van der Waals surface area contributed by atoms with Gasteiger partial charge in [0.2, 0.25) is 0 Å². The predicted molar refractivity (Wildman–Crippen MR) is 42.8 cm³/mol. The maximum atomic E-state index is 13.1. The molecule has 6 heteroatoms. The average Bonchev–Trinajstić information content (AvgIpc) is 1.84. The second-order valence-corrected chi connectivity index (χ2v) is 10.1. The zero-order valence-corrected chi connectivity index (χ0v) is 8.41. The Morgan fingerprint density at radius 3 is 1.83 bits per heavy atom. The minimum absolute atomic E-state index is 0.0664. The number of hydrogen-bond donors (Lipinski definition) is 4. The Morgan fingerprint density at radius 1 is 1.00 bits per heavy atom. The van der Waals surface area contributed by atoms with Gasteiger partial charge in [0.15, 0.2) is 0 Å². The summed E-state index contributed by atoms with van der Waals surface area (Å²) in [4.78, 5) is 0. The Morgan fingerprint density at radius 2 is 1.50 bits per heavy atom. The molecule has 12 heavy (non-hydrogen) atoms. The molecule has 0 atom stereocenters. The number of benzene rings is 1. The van der Waals surface area contributed by atoms with Crippen molar-refractivity contribution in [3.8, 4) is 0 Å². The van der Waals surface area contributed by atoms with Gasteiger partial charge in [-0.05, 0) is 0 Å². The predicted octanol–water partition coefficient (Wildman–Crippen LogP) is -1.36. The molecule has 0 spiro atoms. The maximum absolute atomic E-state index is 13.1. The topological polar surface area (TPSA) is 104 Å². The first-order valence-electron chi connectivity index (χ1n) is 3.16. The third-order valence-corrected chi connectivity index (χ3v) is 4.66. The van der Waals surface area contributed by atoms with Crippen molar-refractivity contribution < 1.29 is 20.2 Å². The van der Waals surface area contributed by atoms with Crippen molar-refractivity contribution in [1.82, 2.24) is 0 Å². The fourth-order valence-corrected chi connectivity index (χ4v) is 3.07. The molecule has 0 bridgehead atoms. The molecule has 0 saturated carbocycles. The molecule has 8 N–H and O–H groups in total. The summed E-state index contributed by atoms with van der Waals surface area (Å²) >= 11 is -4.60. The van der Waals surface area contributed by atoms with Gasteiger partial charge in [-0.25, -0.2) is 0 Å². The van der Waals surface area contributed by atoms with Crippen LogP contribution in [0.15, 0.2) is 24.3 Å². The Kier molecular flexibility index (Phi) is 2.10. The molecule has 0 aliphatic heterocycles. The van der Waals surface area contributed by atoms with Gasteiger partial charge in [0, 0.05) is 0 Å². The van der Waals surface area contributed by atoms with E-state index in [9.17, 15) is 4.39 Å². The van der Waals surface area contributed by atoms with E-state index in [0.717, 1.165) is 0 Å². The van der Waals surface area contributed by atoms with Crippen LogP contribution in [0, 0.1) is 5.82 Å². The molecule has 0 aliphatic carbocycles. The zero-order chi connectivity index (χ0) is 9.43. The number of nitrogens with two attached hydrogens (primary N) is 4. The number of halogens is 1. The van der Waals surface area contributed by atoms with Crippen LogP contribution < -0.4 is 21.1 Å². The first kappa shape index (κ1) is 9.76. The fourth-order valence-electron chi connectivity index (χ4n) is 0.827. The molecule has 0 radical (unpaired) electrons. The van der Waals surface area contributed by atoms with E-state index in [0.29, 0.717) is 0 Å². The van der Waals surface area contributed by atoms with E-state index in [4.69, 9.17) is 17.2 Å². The second-order valence-electron chi connectivity index (χ2n) is 2.72. The van der Waals surface area contributed by atoms with Crippen LogP contribution in [0.4, 0.5) is 4.39 Å². The Hall–Kier alpha value is -0.322. The van der Waals surface area contributed by atoms with Crippen LogP contribution in [0.1, 0.15) is 0 Å². The molecule has 0 heterocycles. The van der Waals surface area contributed by atoms with Gasteiger partial charge in [0.1, 0.15) is 0 Å². The molecule has 69 valence electrons. The molecule has 0 unspecified atom stereocenters. The Labute approximate surface area is 71.7 Å². The summed E-state index contributed by atoms with van der Waals surface area (Å²) in [5.74, 6) is -0.537. The van der Waals surface area contributed by atoms with E-state index < -0.39 is 21.6 Å². The molecule has 1 aromatic rings. The van der Waals surface area contributed by atoms with Gasteiger partial charge < -0.3 is 0 Å². The van der Waals surface area contributed by atoms with E-state index in [-0.39, 0.29) is 3.95 Å². The van der Waals surface area contributed by atoms with Gasteiger partial charge in [0.25, 0.3) is 0 Å². The summed E-state index contributed by atoms with van der Waals surface area (Å²) in [5.41, 5.74) is 0. The van der Waals surface area contributed by atoms with Crippen molar-refractivity contribution in [1.29, 1.82) is 0 Å². The summed E-state index contributed by atoms with van der Waals surface area (Å²) < 4.78 is 35.1. The van der Waals surface area contributed by atoms with Gasteiger partial charge in [0.05, 0.1) is 0 Å². The molecule has 1 aromatic carbocycles. The molecule has 1 rings (SSSR count). The zero-order valence-electron chi connectivity index (χ0n) is 6.41. The SMILES string of the molecule is [NH2][Mo]([NH2])([NH2])([NH2])[c]1ccccc1F. The van der Waals surface area contributed by atoms with Crippen LogP contribution in [0.2, 0.25) is 0 Å². The first-order chi connectivity index (χ1) is 5.27. The molecule has 0 saturated heterocycles. The van der Waals surface area contributed by atoms with E-state index in [1.807, 2.05) is 0 Å². The van der Waals surface area contributed by atoms with Crippen LogP contribution in [0.5, 0.6) is 0 Å². The monoisotopic (exact) mass is 257 g/mol. The Balaban J connectivity index is 3.30. The quantitative estimate of drug-likeness (QED) is 0.465. The van der Waals surface area contributed by atoms with Crippen LogP contribution in [-0.2, 0) is 15.8 Å². The van der Waals surface area contributed by atoms with Gasteiger partial charge in [-0.1, -0.05) is 0 Å². The molecule has 0 aliphatic rings. The third kappa shape index (κ3) is 2.09. The minimum atomic E-state index is -4.60. The normalized spacial score (nSPS) is 15.2. The van der Waals surface area contributed by atoms with E-state index in [2.05, 4.69) is 0 Å². The van der Waals surface area contributed by atoms with E-state index in [1.165, 1.54) is 18.2 Å². The number of hydrogen-bond acceptors (Lipinski definition) is 4. The van der Waals surface area contributed by atoms with Crippen LogP contribution in [0.25, 0.3) is 0 Å². The van der Waals surface area contributed by atoms with Gasteiger partial charge in [-0.3, -0.25) is 0 Å². The van der Waals surface area contributed by atoms with Crippen molar-refractivity contribution in [2.45, 2.75) is 0 Å². The number of rotatable bonds is 1. The van der Waals surface area contributed by atoms with Crippen molar-refractivity contribution in [3.63, 3.8) is 0 Å². The molecule has 0 fully saturated rings. The second kappa shape index (κ2) is 2.58.